The van der Waals surface area contributed by atoms with Crippen molar-refractivity contribution >= 4 is 10.1 Å². The molecule has 9 heteroatoms. The minimum absolute atomic E-state index is 0. The number of nitrogens with one attached hydrogen (secondary N) is 1. The predicted octanol–water partition coefficient (Wildman–Crippen LogP) is -2.88. The van der Waals surface area contributed by atoms with Crippen molar-refractivity contribution in [2.45, 2.75) is 4.90 Å². The Morgan fingerprint density at radius 1 is 1.17 bits per heavy atom. The maximum Gasteiger partial charge on any atom is 1.00 e. The standard InChI is InChI=1S/C9H8N2O5S.Na/c12-8-5-9(13)11(10-8)6-1-3-7(4-2-6)17(14,15)16;/h1-5,13H,(H,10,12)(H,14,15,16);/q;+1. The van der Waals surface area contributed by atoms with E-state index in [1.165, 1.54) is 12.1 Å². The Hall–Kier alpha value is -1.06. The first kappa shape index (κ1) is 15.0. The summed E-state index contributed by atoms with van der Waals surface area (Å²) >= 11 is 0. The molecule has 0 atom stereocenters. The van der Waals surface area contributed by atoms with Gasteiger partial charge in [-0.05, 0) is 24.3 Å². The van der Waals surface area contributed by atoms with E-state index in [1.54, 1.807) is 0 Å². The first-order valence-electron chi connectivity index (χ1n) is 4.47. The average Bonchev–Trinajstić information content (AvgIpc) is 2.57. The van der Waals surface area contributed by atoms with Crippen LogP contribution < -0.4 is 35.1 Å². The smallest absolute Gasteiger partial charge is 0.493 e. The number of aromatic hydroxyl groups is 1. The molecular formula is C9H8N2NaO5S+. The van der Waals surface area contributed by atoms with Crippen LogP contribution in [0.3, 0.4) is 0 Å². The van der Waals surface area contributed by atoms with Crippen LogP contribution in [0.25, 0.3) is 5.69 Å². The van der Waals surface area contributed by atoms with E-state index in [9.17, 15) is 18.3 Å². The SMILES string of the molecule is O=c1cc(O)n(-c2ccc(S(=O)(=O)O)cc2)[nH]1.[Na+]. The van der Waals surface area contributed by atoms with Gasteiger partial charge in [0, 0.05) is 0 Å². The second-order valence-electron chi connectivity index (χ2n) is 3.28. The third-order valence-electron chi connectivity index (χ3n) is 2.10. The van der Waals surface area contributed by atoms with Gasteiger partial charge in [0.25, 0.3) is 15.7 Å². The molecule has 0 spiro atoms. The molecule has 3 N–H and O–H groups in total. The molecule has 0 radical (unpaired) electrons. The molecule has 0 bridgehead atoms. The zero-order valence-corrected chi connectivity index (χ0v) is 12.2. The quantitative estimate of drug-likeness (QED) is 0.404. The van der Waals surface area contributed by atoms with Gasteiger partial charge in [0.1, 0.15) is 0 Å². The monoisotopic (exact) mass is 279 g/mol. The summed E-state index contributed by atoms with van der Waals surface area (Å²) in [5, 5.41) is 11.7. The molecule has 2 aromatic rings. The second-order valence-corrected chi connectivity index (χ2v) is 4.70. The molecule has 18 heavy (non-hydrogen) atoms. The van der Waals surface area contributed by atoms with Crippen LogP contribution >= 0.6 is 0 Å². The van der Waals surface area contributed by atoms with Crippen LogP contribution in [0.2, 0.25) is 0 Å². The number of H-pyrrole nitrogens is 1. The van der Waals surface area contributed by atoms with Crippen molar-refractivity contribution in [3.05, 3.63) is 40.7 Å². The predicted molar refractivity (Wildman–Crippen MR) is 57.9 cm³/mol. The molecule has 0 aliphatic rings. The van der Waals surface area contributed by atoms with Gasteiger partial charge in [-0.2, -0.15) is 8.42 Å². The summed E-state index contributed by atoms with van der Waals surface area (Å²) in [7, 11) is -4.25. The van der Waals surface area contributed by atoms with Crippen molar-refractivity contribution in [1.82, 2.24) is 9.78 Å². The zero-order valence-electron chi connectivity index (χ0n) is 9.36. The summed E-state index contributed by atoms with van der Waals surface area (Å²) in [5.41, 5.74) is -0.127. The molecular weight excluding hydrogens is 271 g/mol. The summed E-state index contributed by atoms with van der Waals surface area (Å²) < 4.78 is 31.4. The van der Waals surface area contributed by atoms with Crippen molar-refractivity contribution < 1.29 is 47.6 Å². The van der Waals surface area contributed by atoms with Gasteiger partial charge in [0.05, 0.1) is 16.6 Å². The fourth-order valence-corrected chi connectivity index (χ4v) is 1.83. The molecule has 0 aliphatic carbocycles. The number of aromatic nitrogens is 2. The van der Waals surface area contributed by atoms with Gasteiger partial charge in [-0.1, -0.05) is 0 Å². The van der Waals surface area contributed by atoms with Crippen LogP contribution in [0.15, 0.2) is 40.0 Å². The van der Waals surface area contributed by atoms with E-state index >= 15 is 0 Å². The fraction of sp³-hybridized carbons (Fsp3) is 0. The zero-order chi connectivity index (χ0) is 12.6. The molecule has 0 fully saturated rings. The maximum atomic E-state index is 10.9. The number of benzene rings is 1. The topological polar surface area (TPSA) is 112 Å². The van der Waals surface area contributed by atoms with Crippen LogP contribution in [0, 0.1) is 0 Å². The Morgan fingerprint density at radius 3 is 2.11 bits per heavy atom. The minimum Gasteiger partial charge on any atom is -0.493 e. The largest absolute Gasteiger partial charge is 1.00 e. The fourth-order valence-electron chi connectivity index (χ4n) is 1.35. The maximum absolute atomic E-state index is 10.9. The number of aromatic amines is 1. The van der Waals surface area contributed by atoms with Gasteiger partial charge in [-0.25, -0.2) is 4.68 Å². The number of nitrogens with zero attached hydrogens (tertiary/aromatic N) is 1. The molecule has 0 saturated carbocycles. The summed E-state index contributed by atoms with van der Waals surface area (Å²) in [6.07, 6.45) is 0. The van der Waals surface area contributed by atoms with Crippen molar-refractivity contribution in [3.63, 3.8) is 0 Å². The Balaban J connectivity index is 0.00000162. The van der Waals surface area contributed by atoms with Crippen LogP contribution in [-0.4, -0.2) is 27.9 Å². The Morgan fingerprint density at radius 2 is 1.72 bits per heavy atom. The van der Waals surface area contributed by atoms with E-state index in [0.29, 0.717) is 5.69 Å². The third kappa shape index (κ3) is 3.03. The van der Waals surface area contributed by atoms with Crippen LogP contribution in [0.1, 0.15) is 0 Å². The summed E-state index contributed by atoms with van der Waals surface area (Å²) in [5.74, 6) is -0.297. The average molecular weight is 279 g/mol. The van der Waals surface area contributed by atoms with Gasteiger partial charge in [0.15, 0.2) is 0 Å². The van der Waals surface area contributed by atoms with Crippen molar-refractivity contribution in [1.29, 1.82) is 0 Å². The Kier molecular flexibility index (Phi) is 4.41. The normalized spacial score (nSPS) is 10.9. The van der Waals surface area contributed by atoms with E-state index in [-0.39, 0.29) is 40.3 Å². The van der Waals surface area contributed by atoms with E-state index < -0.39 is 15.7 Å². The van der Waals surface area contributed by atoms with Gasteiger partial charge >= 0.3 is 29.6 Å². The van der Waals surface area contributed by atoms with Gasteiger partial charge < -0.3 is 5.11 Å². The van der Waals surface area contributed by atoms with E-state index in [2.05, 4.69) is 5.10 Å². The Labute approximate surface area is 124 Å². The first-order valence-corrected chi connectivity index (χ1v) is 5.91. The summed E-state index contributed by atoms with van der Waals surface area (Å²) in [6, 6.07) is 5.96. The molecule has 0 saturated heterocycles. The summed E-state index contributed by atoms with van der Waals surface area (Å²) in [4.78, 5) is 10.7. The Bertz CT molecular complexity index is 701. The molecule has 0 amide bonds. The van der Waals surface area contributed by atoms with Crippen LogP contribution in [0.5, 0.6) is 5.88 Å². The van der Waals surface area contributed by atoms with Crippen molar-refractivity contribution in [3.8, 4) is 11.6 Å². The number of hydrogen-bond donors (Lipinski definition) is 3. The van der Waals surface area contributed by atoms with E-state index in [4.69, 9.17) is 4.55 Å². The molecule has 7 nitrogen and oxygen atoms in total. The van der Waals surface area contributed by atoms with E-state index in [1.807, 2.05) is 0 Å². The number of rotatable bonds is 2. The molecule has 2 rings (SSSR count). The molecule has 1 aromatic carbocycles. The summed E-state index contributed by atoms with van der Waals surface area (Å²) in [6.45, 7) is 0. The second kappa shape index (κ2) is 5.29. The van der Waals surface area contributed by atoms with Crippen LogP contribution in [-0.2, 0) is 10.1 Å². The molecule has 1 heterocycles. The van der Waals surface area contributed by atoms with Gasteiger partial charge in [-0.15, -0.1) is 0 Å². The number of hydrogen-bond acceptors (Lipinski definition) is 4. The van der Waals surface area contributed by atoms with Gasteiger partial charge in [0.2, 0.25) is 5.88 Å². The van der Waals surface area contributed by atoms with Crippen molar-refractivity contribution in [2.75, 3.05) is 0 Å². The third-order valence-corrected chi connectivity index (χ3v) is 2.97. The van der Waals surface area contributed by atoms with Crippen molar-refractivity contribution in [2.24, 2.45) is 0 Å². The van der Waals surface area contributed by atoms with Crippen LogP contribution in [0.4, 0.5) is 0 Å². The molecule has 1 aromatic heterocycles. The molecule has 0 unspecified atom stereocenters. The molecule has 0 aliphatic heterocycles. The van der Waals surface area contributed by atoms with E-state index in [0.717, 1.165) is 22.9 Å². The first-order chi connectivity index (χ1) is 7.88. The molecule has 90 valence electrons. The van der Waals surface area contributed by atoms with Gasteiger partial charge in [-0.3, -0.25) is 14.4 Å². The minimum atomic E-state index is -4.25.